The number of hydrogen-bond acceptors (Lipinski definition) is 0. The zero-order valence-electron chi connectivity index (χ0n) is 6.60. The molecule has 0 saturated heterocycles. The molecule has 0 radical (unpaired) electrons. The van der Waals surface area contributed by atoms with Gasteiger partial charge in [-0.05, 0) is 6.92 Å². The molecule has 0 nitrogen and oxygen atoms in total. The standard InChI is InChI=1S/C9H9.BrH.Mg/c1-8(2)9-6-4-3-5-7-9;;/h4-7H,1H2,2H3;1H;/q-1;;+2/p-1. The normalized spacial score (nSPS) is 7.36. The van der Waals surface area contributed by atoms with Gasteiger partial charge in [0.05, 0.1) is 0 Å². The Bertz CT molecular complexity index is 206. The zero-order chi connectivity index (χ0) is 6.69. The van der Waals surface area contributed by atoms with Crippen molar-refractivity contribution in [3.8, 4) is 0 Å². The maximum atomic E-state index is 3.81. The summed E-state index contributed by atoms with van der Waals surface area (Å²) in [4.78, 5) is 0. The van der Waals surface area contributed by atoms with E-state index in [1.807, 2.05) is 31.2 Å². The van der Waals surface area contributed by atoms with Crippen LogP contribution in [0.4, 0.5) is 0 Å². The molecule has 0 bridgehead atoms. The van der Waals surface area contributed by atoms with Gasteiger partial charge in [-0.25, -0.2) is 0 Å². The second kappa shape index (κ2) is 6.89. The Labute approximate surface area is 94.6 Å². The van der Waals surface area contributed by atoms with Crippen LogP contribution in [0.2, 0.25) is 0 Å². The third-order valence-electron chi connectivity index (χ3n) is 1.21. The summed E-state index contributed by atoms with van der Waals surface area (Å²) in [5.41, 5.74) is 2.29. The van der Waals surface area contributed by atoms with Crippen LogP contribution >= 0.6 is 0 Å². The fourth-order valence-corrected chi connectivity index (χ4v) is 0.671. The topological polar surface area (TPSA) is 0 Å². The molecule has 0 amide bonds. The Balaban J connectivity index is 0. The Morgan fingerprint density at radius 3 is 2.09 bits per heavy atom. The molecule has 0 aliphatic carbocycles. The first kappa shape index (κ1) is 13.8. The van der Waals surface area contributed by atoms with Crippen molar-refractivity contribution >= 4 is 28.6 Å². The Morgan fingerprint density at radius 1 is 1.36 bits per heavy atom. The molecule has 0 aliphatic heterocycles. The van der Waals surface area contributed by atoms with Crippen molar-refractivity contribution < 1.29 is 17.0 Å². The summed E-state index contributed by atoms with van der Waals surface area (Å²) in [6.07, 6.45) is 0. The van der Waals surface area contributed by atoms with E-state index in [0.29, 0.717) is 0 Å². The number of hydrogen-bond donors (Lipinski definition) is 0. The van der Waals surface area contributed by atoms with Crippen LogP contribution in [0.3, 0.4) is 0 Å². The van der Waals surface area contributed by atoms with Crippen LogP contribution in [0.15, 0.2) is 30.8 Å². The van der Waals surface area contributed by atoms with Crippen molar-refractivity contribution in [2.75, 3.05) is 0 Å². The molecular formula is C9H9BrMg. The number of halogens is 1. The third-order valence-corrected chi connectivity index (χ3v) is 1.21. The van der Waals surface area contributed by atoms with Gasteiger partial charge in [-0.15, -0.1) is 5.56 Å². The molecular weight excluding hydrogens is 212 g/mol. The minimum atomic E-state index is 0. The van der Waals surface area contributed by atoms with Crippen molar-refractivity contribution in [1.29, 1.82) is 0 Å². The summed E-state index contributed by atoms with van der Waals surface area (Å²) < 4.78 is 0. The van der Waals surface area contributed by atoms with Gasteiger partial charge < -0.3 is 17.0 Å². The van der Waals surface area contributed by atoms with E-state index in [-0.39, 0.29) is 40.0 Å². The van der Waals surface area contributed by atoms with E-state index < -0.39 is 0 Å². The summed E-state index contributed by atoms with van der Waals surface area (Å²) in [7, 11) is 0. The van der Waals surface area contributed by atoms with Crippen molar-refractivity contribution in [2.45, 2.75) is 6.92 Å². The number of allylic oxidation sites excluding steroid dienone is 1. The van der Waals surface area contributed by atoms with Crippen LogP contribution in [0.25, 0.3) is 5.57 Å². The van der Waals surface area contributed by atoms with E-state index in [0.717, 1.165) is 5.57 Å². The predicted molar refractivity (Wildman–Crippen MR) is 45.7 cm³/mol. The van der Waals surface area contributed by atoms with Crippen molar-refractivity contribution in [1.82, 2.24) is 0 Å². The van der Waals surface area contributed by atoms with Crippen LogP contribution in [-0.2, 0) is 0 Å². The SMILES string of the molecule is C=C(C)c1cc[c-]cc1.[Br-].[Mg+2]. The smallest absolute Gasteiger partial charge is 1.00 e. The molecule has 1 aromatic rings. The van der Waals surface area contributed by atoms with Crippen molar-refractivity contribution in [2.24, 2.45) is 0 Å². The summed E-state index contributed by atoms with van der Waals surface area (Å²) >= 11 is 0. The maximum Gasteiger partial charge on any atom is 2.00 e. The molecule has 0 unspecified atom stereocenters. The van der Waals surface area contributed by atoms with Gasteiger partial charge in [0.1, 0.15) is 0 Å². The summed E-state index contributed by atoms with van der Waals surface area (Å²) in [5.74, 6) is 0. The van der Waals surface area contributed by atoms with Crippen LogP contribution in [0, 0.1) is 6.07 Å². The molecule has 11 heavy (non-hydrogen) atoms. The van der Waals surface area contributed by atoms with Gasteiger partial charge in [-0.1, -0.05) is 12.2 Å². The number of rotatable bonds is 1. The minimum Gasteiger partial charge on any atom is -1.00 e. The molecule has 0 fully saturated rings. The summed E-state index contributed by atoms with van der Waals surface area (Å²) in [6, 6.07) is 10.7. The van der Waals surface area contributed by atoms with Gasteiger partial charge in [0.2, 0.25) is 0 Å². The van der Waals surface area contributed by atoms with Crippen molar-refractivity contribution in [3.05, 3.63) is 42.5 Å². The van der Waals surface area contributed by atoms with Crippen molar-refractivity contribution in [3.63, 3.8) is 0 Å². The van der Waals surface area contributed by atoms with Gasteiger partial charge in [0.15, 0.2) is 0 Å². The molecule has 0 N–H and O–H groups in total. The first-order valence-corrected chi connectivity index (χ1v) is 2.92. The first-order chi connectivity index (χ1) is 4.30. The Hall–Kier alpha value is 0.206. The van der Waals surface area contributed by atoms with E-state index in [1.54, 1.807) is 0 Å². The van der Waals surface area contributed by atoms with Crippen LogP contribution in [0.5, 0.6) is 0 Å². The van der Waals surface area contributed by atoms with E-state index in [1.165, 1.54) is 5.56 Å². The van der Waals surface area contributed by atoms with Gasteiger partial charge in [0.25, 0.3) is 0 Å². The molecule has 0 saturated carbocycles. The van der Waals surface area contributed by atoms with Crippen LogP contribution in [-0.4, -0.2) is 23.1 Å². The van der Waals surface area contributed by atoms with E-state index >= 15 is 0 Å². The quantitative estimate of drug-likeness (QED) is 0.428. The molecule has 0 spiro atoms. The van der Waals surface area contributed by atoms with Crippen LogP contribution < -0.4 is 17.0 Å². The fraction of sp³-hybridized carbons (Fsp3) is 0.111. The molecule has 0 aliphatic rings. The van der Waals surface area contributed by atoms with Gasteiger partial charge in [0, 0.05) is 0 Å². The summed E-state index contributed by atoms with van der Waals surface area (Å²) in [5, 5.41) is 0. The second-order valence-electron chi connectivity index (χ2n) is 2.07. The molecule has 1 aromatic carbocycles. The van der Waals surface area contributed by atoms with Gasteiger partial charge in [-0.2, -0.15) is 30.3 Å². The maximum absolute atomic E-state index is 3.81. The second-order valence-corrected chi connectivity index (χ2v) is 2.07. The summed E-state index contributed by atoms with van der Waals surface area (Å²) in [6.45, 7) is 5.81. The first-order valence-electron chi connectivity index (χ1n) is 2.92. The molecule has 54 valence electrons. The average molecular weight is 221 g/mol. The van der Waals surface area contributed by atoms with E-state index in [9.17, 15) is 0 Å². The Morgan fingerprint density at radius 2 is 1.82 bits per heavy atom. The monoisotopic (exact) mass is 220 g/mol. The van der Waals surface area contributed by atoms with E-state index in [2.05, 4.69) is 12.6 Å². The largest absolute Gasteiger partial charge is 2.00 e. The molecule has 1 rings (SSSR count). The fourth-order valence-electron chi connectivity index (χ4n) is 0.671. The average Bonchev–Trinajstić information content (AvgIpc) is 1.90. The molecule has 0 aromatic heterocycles. The number of benzene rings is 1. The van der Waals surface area contributed by atoms with Crippen LogP contribution in [0.1, 0.15) is 12.5 Å². The minimum absolute atomic E-state index is 0. The van der Waals surface area contributed by atoms with Gasteiger partial charge >= 0.3 is 23.1 Å². The van der Waals surface area contributed by atoms with E-state index in [4.69, 9.17) is 0 Å². The third kappa shape index (κ3) is 4.61. The molecule has 2 heteroatoms. The predicted octanol–water partition coefficient (Wildman–Crippen LogP) is -0.857. The van der Waals surface area contributed by atoms with Gasteiger partial charge in [-0.3, -0.25) is 0 Å². The zero-order valence-corrected chi connectivity index (χ0v) is 9.60. The Kier molecular flexibility index (Phi) is 8.62. The molecule has 0 atom stereocenters. The molecule has 0 heterocycles.